The number of pyridine rings is 1. The number of aliphatic hydroxyl groups is 1. The van der Waals surface area contributed by atoms with Crippen molar-refractivity contribution in [1.29, 1.82) is 10.8 Å². The number of carbonyl (C=O) groups excluding carboxylic acids is 1. The molecule has 33 heavy (non-hydrogen) atoms. The summed E-state index contributed by atoms with van der Waals surface area (Å²) in [5.41, 5.74) is 0.776. The number of aromatic nitrogens is 1. The van der Waals surface area contributed by atoms with Crippen LogP contribution in [0.15, 0.2) is 84.4 Å². The van der Waals surface area contributed by atoms with E-state index < -0.39 is 17.8 Å². The Balaban J connectivity index is 1.92. The first-order chi connectivity index (χ1) is 15.8. The zero-order valence-corrected chi connectivity index (χ0v) is 17.8. The van der Waals surface area contributed by atoms with Gasteiger partial charge in [0.05, 0.1) is 11.8 Å². The summed E-state index contributed by atoms with van der Waals surface area (Å²) in [6.07, 6.45) is 3.14. The summed E-state index contributed by atoms with van der Waals surface area (Å²) >= 11 is 0. The molecule has 2 aromatic carbocycles. The Hall–Kier alpha value is -4.33. The number of allylic oxidation sites excluding steroid dienone is 1. The smallest absolute Gasteiger partial charge is 0.257 e. The molecule has 0 spiro atoms. The summed E-state index contributed by atoms with van der Waals surface area (Å²) in [4.78, 5) is 17.2. The third-order valence-corrected chi connectivity index (χ3v) is 5.01. The Kier molecular flexibility index (Phi) is 7.30. The van der Waals surface area contributed by atoms with Gasteiger partial charge in [-0.2, -0.15) is 0 Å². The Morgan fingerprint density at radius 3 is 2.36 bits per heavy atom. The molecular weight excluding hydrogens is 423 g/mol. The summed E-state index contributed by atoms with van der Waals surface area (Å²) in [6.45, 7) is 1.28. The minimum absolute atomic E-state index is 0.0244. The van der Waals surface area contributed by atoms with Gasteiger partial charge in [0.2, 0.25) is 0 Å². The molecule has 1 heterocycles. The average Bonchev–Trinajstić information content (AvgIpc) is 2.79. The zero-order chi connectivity index (χ0) is 24.0. The Morgan fingerprint density at radius 2 is 1.76 bits per heavy atom. The Labute approximate surface area is 190 Å². The molecule has 0 saturated carbocycles. The number of carbonyl (C=O) groups is 1. The van der Waals surface area contributed by atoms with Gasteiger partial charge >= 0.3 is 0 Å². The fraction of sp³-hybridized carbons (Fsp3) is 0.120. The van der Waals surface area contributed by atoms with Crippen LogP contribution in [0.25, 0.3) is 0 Å². The lowest BCUT2D eigenvalue weighted by Gasteiger charge is -2.22. The lowest BCUT2D eigenvalue weighted by Crippen LogP contribution is -2.34. The summed E-state index contributed by atoms with van der Waals surface area (Å²) in [7, 11) is 0. The van der Waals surface area contributed by atoms with Crippen LogP contribution in [0.1, 0.15) is 36.1 Å². The molecule has 0 bridgehead atoms. The second kappa shape index (κ2) is 10.3. The fourth-order valence-corrected chi connectivity index (χ4v) is 3.33. The first-order valence-electron chi connectivity index (χ1n) is 10.1. The zero-order valence-electron chi connectivity index (χ0n) is 17.8. The monoisotopic (exact) mass is 446 g/mol. The maximum absolute atomic E-state index is 13.3. The van der Waals surface area contributed by atoms with Crippen LogP contribution >= 0.6 is 0 Å². The predicted molar refractivity (Wildman–Crippen MR) is 123 cm³/mol. The lowest BCUT2D eigenvalue weighted by atomic mass is 9.95. The molecular formula is C25H23FN4O3. The normalized spacial score (nSPS) is 12.4. The molecule has 0 aliphatic rings. The highest BCUT2D eigenvalue weighted by Crippen LogP contribution is 2.28. The molecule has 168 valence electrons. The number of amides is 1. The third kappa shape index (κ3) is 5.68. The summed E-state index contributed by atoms with van der Waals surface area (Å²) in [6, 6.07) is 14.0. The van der Waals surface area contributed by atoms with E-state index in [1.165, 1.54) is 31.3 Å². The molecule has 0 fully saturated rings. The van der Waals surface area contributed by atoms with E-state index in [4.69, 9.17) is 10.8 Å². The number of nitrogens with one attached hydrogen (secondary N) is 3. The number of nitrogens with zero attached hydrogens (tertiary/aromatic N) is 1. The quantitative estimate of drug-likeness (QED) is 0.199. The minimum Gasteiger partial charge on any atom is -0.512 e. The van der Waals surface area contributed by atoms with E-state index >= 15 is 0 Å². The van der Waals surface area contributed by atoms with Gasteiger partial charge in [0.1, 0.15) is 22.9 Å². The van der Waals surface area contributed by atoms with Gasteiger partial charge in [-0.25, -0.2) is 4.39 Å². The van der Waals surface area contributed by atoms with Crippen LogP contribution < -0.4 is 5.32 Å². The van der Waals surface area contributed by atoms with Crippen molar-refractivity contribution in [1.82, 2.24) is 10.3 Å². The van der Waals surface area contributed by atoms with Crippen molar-refractivity contribution in [3.05, 3.63) is 107 Å². The number of phenols is 1. The van der Waals surface area contributed by atoms with E-state index in [0.29, 0.717) is 11.1 Å². The summed E-state index contributed by atoms with van der Waals surface area (Å²) < 4.78 is 13.3. The van der Waals surface area contributed by atoms with E-state index in [9.17, 15) is 19.4 Å². The second-order valence-corrected chi connectivity index (χ2v) is 7.35. The van der Waals surface area contributed by atoms with Crippen LogP contribution in [0.5, 0.6) is 5.75 Å². The fourth-order valence-electron chi connectivity index (χ4n) is 3.33. The van der Waals surface area contributed by atoms with Gasteiger partial charge in [0, 0.05) is 41.2 Å². The third-order valence-electron chi connectivity index (χ3n) is 5.01. The van der Waals surface area contributed by atoms with Gasteiger partial charge in [0.25, 0.3) is 5.91 Å². The molecule has 3 rings (SSSR count). The molecule has 8 heteroatoms. The van der Waals surface area contributed by atoms with Gasteiger partial charge < -0.3 is 20.9 Å². The Morgan fingerprint density at radius 1 is 1.06 bits per heavy atom. The van der Waals surface area contributed by atoms with Crippen LogP contribution in [-0.4, -0.2) is 32.5 Å². The van der Waals surface area contributed by atoms with Crippen molar-refractivity contribution in [2.75, 3.05) is 0 Å². The van der Waals surface area contributed by atoms with Gasteiger partial charge in [0.15, 0.2) is 0 Å². The SMILES string of the molecule is C/C(O)=C(/C(=N)c1ccc(F)cc1)C(=O)NC(CC(=N)c1cccnc1)c1ccccc1O. The van der Waals surface area contributed by atoms with Gasteiger partial charge in [-0.1, -0.05) is 24.3 Å². The van der Waals surface area contributed by atoms with Crippen molar-refractivity contribution >= 4 is 17.3 Å². The molecule has 1 unspecified atom stereocenters. The number of para-hydroxylation sites is 1. The van der Waals surface area contributed by atoms with Crippen molar-refractivity contribution in [3.63, 3.8) is 0 Å². The molecule has 5 N–H and O–H groups in total. The van der Waals surface area contributed by atoms with Crippen molar-refractivity contribution in [3.8, 4) is 5.75 Å². The average molecular weight is 446 g/mol. The number of hydrogen-bond donors (Lipinski definition) is 5. The summed E-state index contributed by atoms with van der Waals surface area (Å²) in [5, 5.41) is 40.1. The molecule has 3 aromatic rings. The van der Waals surface area contributed by atoms with Gasteiger partial charge in [-0.15, -0.1) is 0 Å². The molecule has 0 saturated heterocycles. The first-order valence-corrected chi connectivity index (χ1v) is 10.1. The van der Waals surface area contributed by atoms with Crippen molar-refractivity contribution < 1.29 is 19.4 Å². The predicted octanol–water partition coefficient (Wildman–Crippen LogP) is 4.44. The number of rotatable bonds is 8. The van der Waals surface area contributed by atoms with E-state index in [-0.39, 0.29) is 40.5 Å². The van der Waals surface area contributed by atoms with Crippen molar-refractivity contribution in [2.24, 2.45) is 0 Å². The number of aromatic hydroxyl groups is 1. The topological polar surface area (TPSA) is 130 Å². The molecule has 1 amide bonds. The molecule has 0 aliphatic heterocycles. The van der Waals surface area contributed by atoms with Crippen LogP contribution in [-0.2, 0) is 4.79 Å². The lowest BCUT2D eigenvalue weighted by molar-refractivity contribution is -0.117. The van der Waals surface area contributed by atoms with Gasteiger partial charge in [-0.3, -0.25) is 15.2 Å². The van der Waals surface area contributed by atoms with E-state index in [1.807, 2.05) is 0 Å². The number of halogens is 1. The molecule has 0 radical (unpaired) electrons. The standard InChI is InChI=1S/C25H23FN4O3/c1-15(31)23(24(28)16-8-10-18(26)11-9-16)25(33)30-21(19-6-2-3-7-22(19)32)13-20(27)17-5-4-12-29-14-17/h2-12,14,21,27-28,31-32H,13H2,1H3,(H,30,33)/b23-15+,27-20?,28-24?. The highest BCUT2D eigenvalue weighted by molar-refractivity contribution is 6.27. The first kappa shape index (κ1) is 23.3. The van der Waals surface area contributed by atoms with E-state index in [0.717, 1.165) is 12.1 Å². The second-order valence-electron chi connectivity index (χ2n) is 7.35. The van der Waals surface area contributed by atoms with E-state index in [2.05, 4.69) is 10.3 Å². The van der Waals surface area contributed by atoms with Gasteiger partial charge in [-0.05, 0) is 43.3 Å². The number of phenolic OH excluding ortho intramolecular Hbond substituents is 1. The molecule has 1 atom stereocenters. The van der Waals surface area contributed by atoms with Crippen molar-refractivity contribution in [2.45, 2.75) is 19.4 Å². The Bertz CT molecular complexity index is 1200. The minimum atomic E-state index is -0.832. The maximum atomic E-state index is 13.3. The molecule has 7 nitrogen and oxygen atoms in total. The summed E-state index contributed by atoms with van der Waals surface area (Å²) in [5.74, 6) is -1.71. The van der Waals surface area contributed by atoms with Crippen LogP contribution in [0.2, 0.25) is 0 Å². The molecule has 0 aliphatic carbocycles. The highest BCUT2D eigenvalue weighted by Gasteiger charge is 2.26. The number of hydrogen-bond acceptors (Lipinski definition) is 6. The van der Waals surface area contributed by atoms with E-state index in [1.54, 1.807) is 36.5 Å². The number of benzene rings is 2. The largest absolute Gasteiger partial charge is 0.512 e. The molecule has 1 aromatic heterocycles. The van der Waals surface area contributed by atoms with Crippen LogP contribution in [0.3, 0.4) is 0 Å². The maximum Gasteiger partial charge on any atom is 0.257 e. The van der Waals surface area contributed by atoms with Crippen LogP contribution in [0, 0.1) is 16.6 Å². The highest BCUT2D eigenvalue weighted by atomic mass is 19.1. The van der Waals surface area contributed by atoms with Crippen LogP contribution in [0.4, 0.5) is 4.39 Å². The number of aliphatic hydroxyl groups excluding tert-OH is 1.